The molecule has 0 radical (unpaired) electrons. The molecule has 0 aromatic rings. The summed E-state index contributed by atoms with van der Waals surface area (Å²) in [5.74, 6) is -9.59. The second-order valence-corrected chi connectivity index (χ2v) is 3.11. The lowest BCUT2D eigenvalue weighted by Gasteiger charge is -2.25. The van der Waals surface area contributed by atoms with Crippen molar-refractivity contribution in [3.05, 3.63) is 0 Å². The highest BCUT2D eigenvalue weighted by molar-refractivity contribution is 6.09. The molecule has 0 spiro atoms. The van der Waals surface area contributed by atoms with E-state index in [1.807, 2.05) is 0 Å². The molecule has 0 rings (SSSR count). The van der Waals surface area contributed by atoms with Gasteiger partial charge in [-0.05, 0) is 6.92 Å². The average Bonchev–Trinajstić information content (AvgIpc) is 2.14. The van der Waals surface area contributed by atoms with Gasteiger partial charge in [0, 0.05) is 0 Å². The Bertz CT molecular complexity index is 332. The molecular weight excluding hydrogens is 224 g/mol. The highest BCUT2D eigenvalue weighted by Crippen LogP contribution is 2.30. The Morgan fingerprint density at radius 2 is 1.44 bits per heavy atom. The number of rotatable bonds is 5. The molecule has 0 aromatic carbocycles. The Morgan fingerprint density at radius 1 is 1.06 bits per heavy atom. The van der Waals surface area contributed by atoms with Gasteiger partial charge in [-0.15, -0.1) is 0 Å². The van der Waals surface area contributed by atoms with Crippen molar-refractivity contribution < 1.29 is 39.2 Å². The number of esters is 1. The van der Waals surface area contributed by atoms with E-state index in [0.29, 0.717) is 6.92 Å². The monoisotopic (exact) mass is 234 g/mol. The molecular formula is C8H10O8. The third kappa shape index (κ3) is 2.10. The van der Waals surface area contributed by atoms with Crippen LogP contribution in [-0.4, -0.2) is 46.3 Å². The summed E-state index contributed by atoms with van der Waals surface area (Å²) in [6, 6.07) is 0. The first-order valence-electron chi connectivity index (χ1n) is 3.97. The average molecular weight is 234 g/mol. The van der Waals surface area contributed by atoms with Gasteiger partial charge in [-0.1, -0.05) is 0 Å². The predicted molar refractivity (Wildman–Crippen MR) is 46.5 cm³/mol. The van der Waals surface area contributed by atoms with Crippen LogP contribution >= 0.6 is 0 Å². The number of hydrogen-bond donors (Lipinski definition) is 3. The minimum atomic E-state index is -2.67. The fourth-order valence-corrected chi connectivity index (χ4v) is 1.14. The van der Waals surface area contributed by atoms with Gasteiger partial charge in [0.25, 0.3) is 0 Å². The SMILES string of the molecule is COC(=O)C(C)(C(=O)O)C(C(=O)O)C(=O)O. The van der Waals surface area contributed by atoms with Gasteiger partial charge in [0.1, 0.15) is 0 Å². The maximum atomic E-state index is 11.2. The topological polar surface area (TPSA) is 138 Å². The molecule has 0 bridgehead atoms. The molecule has 90 valence electrons. The van der Waals surface area contributed by atoms with Gasteiger partial charge in [0.2, 0.25) is 0 Å². The first-order valence-corrected chi connectivity index (χ1v) is 3.97. The summed E-state index contributed by atoms with van der Waals surface area (Å²) >= 11 is 0. The molecule has 0 aliphatic carbocycles. The van der Waals surface area contributed by atoms with Crippen LogP contribution in [0.3, 0.4) is 0 Å². The largest absolute Gasteiger partial charge is 0.481 e. The molecule has 16 heavy (non-hydrogen) atoms. The van der Waals surface area contributed by atoms with Crippen LogP contribution in [0.1, 0.15) is 6.92 Å². The lowest BCUT2D eigenvalue weighted by molar-refractivity contribution is -0.182. The summed E-state index contributed by atoms with van der Waals surface area (Å²) in [5.41, 5.74) is -2.67. The van der Waals surface area contributed by atoms with Crippen LogP contribution in [0.15, 0.2) is 0 Å². The van der Waals surface area contributed by atoms with Crippen molar-refractivity contribution in [2.24, 2.45) is 11.3 Å². The molecule has 0 saturated heterocycles. The number of carboxylic acid groups (broad SMARTS) is 3. The number of carboxylic acids is 3. The highest BCUT2D eigenvalue weighted by atomic mass is 16.5. The zero-order valence-corrected chi connectivity index (χ0v) is 8.46. The minimum absolute atomic E-state index is 0.689. The Labute approximate surface area is 89.4 Å². The quantitative estimate of drug-likeness (QED) is 0.408. The molecule has 8 nitrogen and oxygen atoms in total. The van der Waals surface area contributed by atoms with Crippen molar-refractivity contribution in [1.29, 1.82) is 0 Å². The molecule has 3 N–H and O–H groups in total. The van der Waals surface area contributed by atoms with E-state index in [4.69, 9.17) is 15.3 Å². The number of hydrogen-bond acceptors (Lipinski definition) is 5. The van der Waals surface area contributed by atoms with Crippen molar-refractivity contribution in [2.45, 2.75) is 6.92 Å². The zero-order chi connectivity index (χ0) is 13.1. The number of aliphatic carboxylic acids is 3. The third-order valence-corrected chi connectivity index (χ3v) is 2.12. The van der Waals surface area contributed by atoms with Gasteiger partial charge < -0.3 is 20.1 Å². The summed E-state index contributed by atoms with van der Waals surface area (Å²) in [5, 5.41) is 26.0. The Balaban J connectivity index is 5.66. The van der Waals surface area contributed by atoms with Crippen LogP contribution in [0, 0.1) is 11.3 Å². The molecule has 0 aromatic heterocycles. The lowest BCUT2D eigenvalue weighted by atomic mass is 9.77. The first kappa shape index (κ1) is 13.9. The van der Waals surface area contributed by atoms with E-state index in [0.717, 1.165) is 7.11 Å². The van der Waals surface area contributed by atoms with Crippen LogP contribution in [0.4, 0.5) is 0 Å². The van der Waals surface area contributed by atoms with Gasteiger partial charge in [-0.3, -0.25) is 19.2 Å². The van der Waals surface area contributed by atoms with E-state index in [1.54, 1.807) is 0 Å². The molecule has 1 atom stereocenters. The number of carbonyl (C=O) groups excluding carboxylic acids is 1. The van der Waals surface area contributed by atoms with E-state index < -0.39 is 35.2 Å². The fourth-order valence-electron chi connectivity index (χ4n) is 1.14. The molecule has 0 amide bonds. The predicted octanol–water partition coefficient (Wildman–Crippen LogP) is -0.964. The van der Waals surface area contributed by atoms with E-state index in [9.17, 15) is 19.2 Å². The van der Waals surface area contributed by atoms with Crippen LogP contribution in [0.2, 0.25) is 0 Å². The van der Waals surface area contributed by atoms with Crippen molar-refractivity contribution in [2.75, 3.05) is 7.11 Å². The van der Waals surface area contributed by atoms with Gasteiger partial charge in [0.15, 0.2) is 11.3 Å². The molecule has 1 unspecified atom stereocenters. The zero-order valence-electron chi connectivity index (χ0n) is 8.46. The number of carbonyl (C=O) groups is 4. The second-order valence-electron chi connectivity index (χ2n) is 3.11. The molecule has 0 fully saturated rings. The maximum Gasteiger partial charge on any atom is 0.324 e. The minimum Gasteiger partial charge on any atom is -0.481 e. The highest BCUT2D eigenvalue weighted by Gasteiger charge is 2.57. The molecule has 0 aliphatic rings. The standard InChI is InChI=1S/C8H10O8/c1-8(6(13)14,7(15)16-2)3(4(9)10)5(11)12/h3H,1-2H3,(H,9,10)(H,11,12)(H,13,14). The van der Waals surface area contributed by atoms with E-state index in [2.05, 4.69) is 4.74 Å². The van der Waals surface area contributed by atoms with Gasteiger partial charge in [-0.25, -0.2) is 0 Å². The maximum absolute atomic E-state index is 11.2. The van der Waals surface area contributed by atoms with E-state index in [-0.39, 0.29) is 0 Å². The third-order valence-electron chi connectivity index (χ3n) is 2.12. The summed E-state index contributed by atoms with van der Waals surface area (Å²) in [6.45, 7) is 0.689. The smallest absolute Gasteiger partial charge is 0.324 e. The summed E-state index contributed by atoms with van der Waals surface area (Å²) in [7, 11) is 0.838. The van der Waals surface area contributed by atoms with Crippen LogP contribution in [0.25, 0.3) is 0 Å². The Hall–Kier alpha value is -2.12. The van der Waals surface area contributed by atoms with Gasteiger partial charge >= 0.3 is 23.9 Å². The van der Waals surface area contributed by atoms with E-state index in [1.165, 1.54) is 0 Å². The van der Waals surface area contributed by atoms with Gasteiger partial charge in [-0.2, -0.15) is 0 Å². The van der Waals surface area contributed by atoms with Crippen molar-refractivity contribution in [3.8, 4) is 0 Å². The van der Waals surface area contributed by atoms with Gasteiger partial charge in [0.05, 0.1) is 7.11 Å². The van der Waals surface area contributed by atoms with E-state index >= 15 is 0 Å². The normalized spacial score (nSPS) is 13.9. The van der Waals surface area contributed by atoms with Crippen LogP contribution < -0.4 is 0 Å². The van der Waals surface area contributed by atoms with Crippen molar-refractivity contribution in [3.63, 3.8) is 0 Å². The molecule has 0 heterocycles. The first-order chi connectivity index (χ1) is 7.19. The summed E-state index contributed by atoms with van der Waals surface area (Å²) < 4.78 is 4.11. The fraction of sp³-hybridized carbons (Fsp3) is 0.500. The summed E-state index contributed by atoms with van der Waals surface area (Å²) in [6.07, 6.45) is 0. The Morgan fingerprint density at radius 3 is 1.62 bits per heavy atom. The summed E-state index contributed by atoms with van der Waals surface area (Å²) in [4.78, 5) is 43.4. The lowest BCUT2D eigenvalue weighted by Crippen LogP contribution is -2.50. The Kier molecular flexibility index (Phi) is 3.99. The number of methoxy groups -OCH3 is 1. The van der Waals surface area contributed by atoms with Crippen LogP contribution in [0.5, 0.6) is 0 Å². The molecule has 0 saturated carbocycles. The van der Waals surface area contributed by atoms with Crippen molar-refractivity contribution in [1.82, 2.24) is 0 Å². The molecule has 8 heteroatoms. The number of ether oxygens (including phenoxy) is 1. The second kappa shape index (κ2) is 4.60. The molecule has 0 aliphatic heterocycles. The van der Waals surface area contributed by atoms with Crippen molar-refractivity contribution >= 4 is 23.9 Å². The van der Waals surface area contributed by atoms with Crippen LogP contribution in [-0.2, 0) is 23.9 Å².